The zero-order valence-electron chi connectivity index (χ0n) is 11.3. The normalized spacial score (nSPS) is 12.5. The van der Waals surface area contributed by atoms with E-state index in [1.54, 1.807) is 24.3 Å². The van der Waals surface area contributed by atoms with Gasteiger partial charge in [0.25, 0.3) is 0 Å². The van der Waals surface area contributed by atoms with Crippen LogP contribution in [0.3, 0.4) is 0 Å². The smallest absolute Gasteiger partial charge is 0.148 e. The molecule has 0 saturated carbocycles. The zero-order chi connectivity index (χ0) is 15.3. The van der Waals surface area contributed by atoms with Crippen LogP contribution >= 0.6 is 0 Å². The van der Waals surface area contributed by atoms with Crippen molar-refractivity contribution in [1.29, 1.82) is 0 Å². The first-order valence-electron chi connectivity index (χ1n) is 6.18. The predicted octanol–water partition coefficient (Wildman–Crippen LogP) is 4.03. The van der Waals surface area contributed by atoms with Gasteiger partial charge in [0.1, 0.15) is 11.4 Å². The Hall–Kier alpha value is -2.80. The second kappa shape index (κ2) is 6.10. The number of hydrogen-bond donors (Lipinski definition) is 1. The molecule has 2 aromatic carbocycles. The number of benzene rings is 2. The van der Waals surface area contributed by atoms with Crippen LogP contribution in [0.15, 0.2) is 53.6 Å². The molecule has 4 nitrogen and oxygen atoms in total. The summed E-state index contributed by atoms with van der Waals surface area (Å²) in [6, 6.07) is 12.3. The lowest BCUT2D eigenvalue weighted by Gasteiger charge is -2.18. The van der Waals surface area contributed by atoms with Crippen LogP contribution in [0.25, 0.3) is 10.4 Å². The van der Waals surface area contributed by atoms with E-state index in [0.29, 0.717) is 16.8 Å². The van der Waals surface area contributed by atoms with Crippen molar-refractivity contribution >= 4 is 5.69 Å². The molecule has 2 rings (SSSR count). The maximum Gasteiger partial charge on any atom is 0.148 e. The molecule has 5 heteroatoms. The standard InChI is InChI=1S/C16H12FN3O/c1-16(21,11-10-12-6-8-13(17)9-7-12)14-4-2-3-5-15(14)19-20-18/h2-9,21H,1H3. The SMILES string of the molecule is CC(O)(C#Cc1ccc(F)cc1)c1ccccc1N=[N+]=[N-]. The highest BCUT2D eigenvalue weighted by atomic mass is 19.1. The molecule has 0 spiro atoms. The lowest BCUT2D eigenvalue weighted by Crippen LogP contribution is -2.18. The van der Waals surface area contributed by atoms with Crippen LogP contribution < -0.4 is 0 Å². The van der Waals surface area contributed by atoms with Gasteiger partial charge in [-0.3, -0.25) is 0 Å². The molecule has 0 aromatic heterocycles. The van der Waals surface area contributed by atoms with E-state index in [-0.39, 0.29) is 5.82 Å². The van der Waals surface area contributed by atoms with Gasteiger partial charge in [-0.15, -0.1) is 0 Å². The summed E-state index contributed by atoms with van der Waals surface area (Å²) in [6.07, 6.45) is 0. The van der Waals surface area contributed by atoms with Crippen LogP contribution in [0, 0.1) is 17.7 Å². The van der Waals surface area contributed by atoms with Crippen LogP contribution in [0.4, 0.5) is 10.1 Å². The van der Waals surface area contributed by atoms with Crippen LogP contribution in [0.2, 0.25) is 0 Å². The van der Waals surface area contributed by atoms with Gasteiger partial charge < -0.3 is 5.11 Å². The molecule has 1 N–H and O–H groups in total. The van der Waals surface area contributed by atoms with Crippen LogP contribution in [-0.2, 0) is 5.60 Å². The van der Waals surface area contributed by atoms with E-state index in [9.17, 15) is 9.50 Å². The lowest BCUT2D eigenvalue weighted by molar-refractivity contribution is 0.123. The zero-order valence-corrected chi connectivity index (χ0v) is 11.3. The number of azide groups is 1. The average Bonchev–Trinajstić information content (AvgIpc) is 2.47. The topological polar surface area (TPSA) is 69.0 Å². The highest BCUT2D eigenvalue weighted by molar-refractivity contribution is 5.52. The van der Waals surface area contributed by atoms with Gasteiger partial charge in [-0.2, -0.15) is 0 Å². The Labute approximate surface area is 121 Å². The maximum absolute atomic E-state index is 12.8. The Kier molecular flexibility index (Phi) is 4.24. The highest BCUT2D eigenvalue weighted by Gasteiger charge is 2.22. The Bertz CT molecular complexity index is 751. The van der Waals surface area contributed by atoms with E-state index in [2.05, 4.69) is 21.9 Å². The van der Waals surface area contributed by atoms with E-state index in [4.69, 9.17) is 5.53 Å². The molecular formula is C16H12FN3O. The Morgan fingerprint density at radius 3 is 2.52 bits per heavy atom. The summed E-state index contributed by atoms with van der Waals surface area (Å²) in [4.78, 5) is 2.73. The van der Waals surface area contributed by atoms with Crippen molar-refractivity contribution in [3.63, 3.8) is 0 Å². The van der Waals surface area contributed by atoms with Gasteiger partial charge in [0, 0.05) is 21.7 Å². The summed E-state index contributed by atoms with van der Waals surface area (Å²) in [5.74, 6) is 5.14. The fourth-order valence-corrected chi connectivity index (χ4v) is 1.82. The quantitative estimate of drug-likeness (QED) is 0.384. The molecule has 0 bridgehead atoms. The predicted molar refractivity (Wildman–Crippen MR) is 78.1 cm³/mol. The maximum atomic E-state index is 12.8. The average molecular weight is 281 g/mol. The Balaban J connectivity index is 2.39. The van der Waals surface area contributed by atoms with Gasteiger partial charge in [0.05, 0.1) is 0 Å². The molecule has 21 heavy (non-hydrogen) atoms. The third-order valence-electron chi connectivity index (χ3n) is 2.88. The van der Waals surface area contributed by atoms with Gasteiger partial charge in [-0.05, 0) is 36.7 Å². The fourth-order valence-electron chi connectivity index (χ4n) is 1.82. The van der Waals surface area contributed by atoms with Gasteiger partial charge in [-0.1, -0.05) is 41.2 Å². The minimum Gasteiger partial charge on any atom is -0.374 e. The summed E-state index contributed by atoms with van der Waals surface area (Å²) < 4.78 is 12.8. The first kappa shape index (κ1) is 14.6. The van der Waals surface area contributed by atoms with E-state index in [1.165, 1.54) is 31.2 Å². The molecular weight excluding hydrogens is 269 g/mol. The largest absolute Gasteiger partial charge is 0.374 e. The van der Waals surface area contributed by atoms with Crippen LogP contribution in [0.5, 0.6) is 0 Å². The monoisotopic (exact) mass is 281 g/mol. The summed E-state index contributed by atoms with van der Waals surface area (Å²) >= 11 is 0. The van der Waals surface area contributed by atoms with Crippen LogP contribution in [0.1, 0.15) is 18.1 Å². The van der Waals surface area contributed by atoms with Gasteiger partial charge in [0.15, 0.2) is 0 Å². The van der Waals surface area contributed by atoms with Gasteiger partial charge >= 0.3 is 0 Å². The first-order valence-corrected chi connectivity index (χ1v) is 6.18. The molecule has 0 aliphatic heterocycles. The van der Waals surface area contributed by atoms with E-state index in [1.807, 2.05) is 0 Å². The molecule has 0 heterocycles. The first-order chi connectivity index (χ1) is 10.0. The third-order valence-corrected chi connectivity index (χ3v) is 2.88. The Morgan fingerprint density at radius 2 is 1.86 bits per heavy atom. The second-order valence-corrected chi connectivity index (χ2v) is 4.54. The minimum atomic E-state index is -1.49. The van der Waals surface area contributed by atoms with Gasteiger partial charge in [0.2, 0.25) is 0 Å². The van der Waals surface area contributed by atoms with E-state index < -0.39 is 5.60 Å². The number of hydrogen-bond acceptors (Lipinski definition) is 2. The van der Waals surface area contributed by atoms with Crippen molar-refractivity contribution in [2.24, 2.45) is 5.11 Å². The Morgan fingerprint density at radius 1 is 1.19 bits per heavy atom. The molecule has 0 amide bonds. The third kappa shape index (κ3) is 3.61. The molecule has 0 aliphatic carbocycles. The van der Waals surface area contributed by atoms with Crippen molar-refractivity contribution < 1.29 is 9.50 Å². The second-order valence-electron chi connectivity index (χ2n) is 4.54. The summed E-state index contributed by atoms with van der Waals surface area (Å²) in [7, 11) is 0. The molecule has 1 unspecified atom stereocenters. The van der Waals surface area contributed by atoms with Crippen molar-refractivity contribution in [2.45, 2.75) is 12.5 Å². The van der Waals surface area contributed by atoms with Crippen molar-refractivity contribution in [3.8, 4) is 11.8 Å². The molecule has 104 valence electrons. The molecule has 0 radical (unpaired) electrons. The summed E-state index contributed by atoms with van der Waals surface area (Å²) in [5, 5.41) is 14.0. The van der Waals surface area contributed by atoms with Crippen molar-refractivity contribution in [1.82, 2.24) is 0 Å². The fraction of sp³-hybridized carbons (Fsp3) is 0.125. The molecule has 0 saturated heterocycles. The molecule has 0 fully saturated rings. The van der Waals surface area contributed by atoms with E-state index in [0.717, 1.165) is 0 Å². The van der Waals surface area contributed by atoms with Crippen LogP contribution in [-0.4, -0.2) is 5.11 Å². The lowest BCUT2D eigenvalue weighted by atomic mass is 9.94. The summed E-state index contributed by atoms with van der Waals surface area (Å²) in [6.45, 7) is 1.51. The van der Waals surface area contributed by atoms with E-state index >= 15 is 0 Å². The number of halogens is 1. The summed E-state index contributed by atoms with van der Waals surface area (Å²) in [5.41, 5.74) is 8.38. The van der Waals surface area contributed by atoms with Gasteiger partial charge in [-0.25, -0.2) is 4.39 Å². The van der Waals surface area contributed by atoms with Crippen molar-refractivity contribution in [3.05, 3.63) is 75.9 Å². The number of rotatable bonds is 2. The number of aliphatic hydroxyl groups is 1. The molecule has 1 atom stereocenters. The molecule has 0 aliphatic rings. The minimum absolute atomic E-state index is 0.318. The van der Waals surface area contributed by atoms with Crippen molar-refractivity contribution in [2.75, 3.05) is 0 Å². The highest BCUT2D eigenvalue weighted by Crippen LogP contribution is 2.29. The molecule has 2 aromatic rings. The number of nitrogens with zero attached hydrogens (tertiary/aromatic N) is 3.